The second kappa shape index (κ2) is 15.4. The van der Waals surface area contributed by atoms with E-state index in [0.29, 0.717) is 19.7 Å². The molecule has 0 aromatic heterocycles. The lowest BCUT2D eigenvalue weighted by Gasteiger charge is -2.20. The van der Waals surface area contributed by atoms with Crippen molar-refractivity contribution in [2.45, 2.75) is 84.2 Å². The van der Waals surface area contributed by atoms with Crippen molar-refractivity contribution in [1.82, 2.24) is 10.1 Å². The molecule has 166 valence electrons. The van der Waals surface area contributed by atoms with E-state index >= 15 is 0 Å². The molecule has 0 aliphatic rings. The molecule has 1 aromatic rings. The molecular formula is C24H42N2O3. The average Bonchev–Trinajstić information content (AvgIpc) is 2.66. The van der Waals surface area contributed by atoms with Gasteiger partial charge in [0.1, 0.15) is 5.75 Å². The molecule has 0 saturated heterocycles. The van der Waals surface area contributed by atoms with Gasteiger partial charge < -0.3 is 15.2 Å². The molecule has 0 heterocycles. The van der Waals surface area contributed by atoms with Crippen LogP contribution < -0.4 is 4.74 Å². The van der Waals surface area contributed by atoms with Gasteiger partial charge in [0.2, 0.25) is 0 Å². The van der Waals surface area contributed by atoms with Crippen LogP contribution in [0.5, 0.6) is 5.75 Å². The summed E-state index contributed by atoms with van der Waals surface area (Å²) in [7, 11) is 3.23. The maximum absolute atomic E-state index is 9.72. The van der Waals surface area contributed by atoms with Crippen LogP contribution in [0.4, 0.5) is 0 Å². The SMILES string of the molecule is C=Cc1cc(CN(C)O)c(OCCCCCCCCCCCC)c(CN(C)O)c1. The van der Waals surface area contributed by atoms with E-state index in [4.69, 9.17) is 4.74 Å². The van der Waals surface area contributed by atoms with E-state index in [9.17, 15) is 10.4 Å². The number of hydrogen-bond donors (Lipinski definition) is 2. The largest absolute Gasteiger partial charge is 0.493 e. The second-order valence-corrected chi connectivity index (χ2v) is 8.03. The van der Waals surface area contributed by atoms with Crippen LogP contribution in [0, 0.1) is 0 Å². The summed E-state index contributed by atoms with van der Waals surface area (Å²) in [5.74, 6) is 0.758. The van der Waals surface area contributed by atoms with Crippen LogP contribution in [-0.2, 0) is 13.1 Å². The first kappa shape index (κ1) is 25.6. The van der Waals surface area contributed by atoms with E-state index in [1.165, 1.54) is 57.8 Å². The predicted octanol–water partition coefficient (Wildman–Crippen LogP) is 6.27. The van der Waals surface area contributed by atoms with Crippen LogP contribution in [0.1, 0.15) is 87.8 Å². The molecule has 0 spiro atoms. The van der Waals surface area contributed by atoms with Crippen LogP contribution in [0.25, 0.3) is 6.08 Å². The summed E-state index contributed by atoms with van der Waals surface area (Å²) in [6.45, 7) is 7.46. The fourth-order valence-electron chi connectivity index (χ4n) is 3.58. The average molecular weight is 407 g/mol. The molecule has 1 rings (SSSR count). The van der Waals surface area contributed by atoms with E-state index in [-0.39, 0.29) is 0 Å². The first-order chi connectivity index (χ1) is 14.0. The summed E-state index contributed by atoms with van der Waals surface area (Å²) >= 11 is 0. The Bertz CT molecular complexity index is 542. The van der Waals surface area contributed by atoms with Gasteiger partial charge in [-0.1, -0.05) is 77.4 Å². The molecule has 0 bridgehead atoms. The van der Waals surface area contributed by atoms with Gasteiger partial charge in [-0.05, 0) is 24.1 Å². The van der Waals surface area contributed by atoms with Crippen molar-refractivity contribution in [2.24, 2.45) is 0 Å². The molecule has 0 aliphatic heterocycles. The summed E-state index contributed by atoms with van der Waals surface area (Å²) in [5, 5.41) is 21.7. The molecule has 0 amide bonds. The van der Waals surface area contributed by atoms with Gasteiger partial charge in [-0.15, -0.1) is 0 Å². The quantitative estimate of drug-likeness (QED) is 0.236. The van der Waals surface area contributed by atoms with E-state index in [1.807, 2.05) is 12.1 Å². The van der Waals surface area contributed by atoms with Crippen molar-refractivity contribution in [3.05, 3.63) is 35.4 Å². The number of benzene rings is 1. The molecule has 0 radical (unpaired) electrons. The highest BCUT2D eigenvalue weighted by atomic mass is 16.5. The van der Waals surface area contributed by atoms with Crippen molar-refractivity contribution in [3.8, 4) is 5.75 Å². The smallest absolute Gasteiger partial charge is 0.128 e. The van der Waals surface area contributed by atoms with E-state index < -0.39 is 0 Å². The minimum Gasteiger partial charge on any atom is -0.493 e. The molecule has 0 unspecified atom stereocenters. The highest BCUT2D eigenvalue weighted by Crippen LogP contribution is 2.29. The van der Waals surface area contributed by atoms with Gasteiger partial charge in [0.05, 0.1) is 19.7 Å². The van der Waals surface area contributed by atoms with Gasteiger partial charge >= 0.3 is 0 Å². The molecule has 0 fully saturated rings. The number of hydroxylamine groups is 4. The number of nitrogens with zero attached hydrogens (tertiary/aromatic N) is 2. The Morgan fingerprint density at radius 3 is 1.69 bits per heavy atom. The van der Waals surface area contributed by atoms with Crippen LogP contribution in [0.2, 0.25) is 0 Å². The highest BCUT2D eigenvalue weighted by Gasteiger charge is 2.14. The Hall–Kier alpha value is -1.40. The van der Waals surface area contributed by atoms with Gasteiger partial charge in [0, 0.05) is 25.2 Å². The number of hydrogen-bond acceptors (Lipinski definition) is 5. The van der Waals surface area contributed by atoms with Crippen LogP contribution in [0.3, 0.4) is 0 Å². The second-order valence-electron chi connectivity index (χ2n) is 8.03. The zero-order chi connectivity index (χ0) is 21.5. The normalized spacial score (nSPS) is 11.4. The number of rotatable bonds is 17. The van der Waals surface area contributed by atoms with Gasteiger partial charge in [-0.3, -0.25) is 0 Å². The van der Waals surface area contributed by atoms with Crippen molar-refractivity contribution in [2.75, 3.05) is 20.7 Å². The zero-order valence-corrected chi connectivity index (χ0v) is 18.8. The summed E-state index contributed by atoms with van der Waals surface area (Å²) in [4.78, 5) is 0. The lowest BCUT2D eigenvalue weighted by Crippen LogP contribution is -2.17. The Balaban J connectivity index is 2.51. The van der Waals surface area contributed by atoms with Crippen molar-refractivity contribution in [1.29, 1.82) is 0 Å². The lowest BCUT2D eigenvalue weighted by molar-refractivity contribution is -0.0754. The van der Waals surface area contributed by atoms with Gasteiger partial charge in [-0.25, -0.2) is 0 Å². The molecule has 5 nitrogen and oxygen atoms in total. The molecule has 5 heteroatoms. The fraction of sp³-hybridized carbons (Fsp3) is 0.667. The standard InChI is InChI=1S/C24H42N2O3/c1-5-7-8-9-10-11-12-13-14-15-16-29-24-22(19-25(3)27)17-21(6-2)18-23(24)20-26(4)28/h6,17-18,27-28H,2,5,7-16,19-20H2,1,3-4H3. The summed E-state index contributed by atoms with van der Waals surface area (Å²) in [5.41, 5.74) is 2.75. The maximum atomic E-state index is 9.72. The summed E-state index contributed by atoms with van der Waals surface area (Å²) in [6, 6.07) is 3.96. The Morgan fingerprint density at radius 1 is 0.828 bits per heavy atom. The Kier molecular flexibility index (Phi) is 13.7. The van der Waals surface area contributed by atoms with E-state index in [0.717, 1.165) is 39.0 Å². The van der Waals surface area contributed by atoms with Gasteiger partial charge in [-0.2, -0.15) is 10.1 Å². The molecule has 2 N–H and O–H groups in total. The van der Waals surface area contributed by atoms with Crippen molar-refractivity contribution in [3.63, 3.8) is 0 Å². The Morgan fingerprint density at radius 2 is 1.28 bits per heavy atom. The van der Waals surface area contributed by atoms with Gasteiger partial charge in [0.15, 0.2) is 0 Å². The summed E-state index contributed by atoms with van der Waals surface area (Å²) < 4.78 is 6.13. The molecule has 0 atom stereocenters. The van der Waals surface area contributed by atoms with E-state index in [1.54, 1.807) is 20.2 Å². The molecule has 1 aromatic carbocycles. The van der Waals surface area contributed by atoms with Crippen LogP contribution >= 0.6 is 0 Å². The molecule has 0 saturated carbocycles. The minimum atomic E-state index is 0.358. The zero-order valence-electron chi connectivity index (χ0n) is 18.8. The Labute approximate surface area is 177 Å². The lowest BCUT2D eigenvalue weighted by atomic mass is 10.0. The number of unbranched alkanes of at least 4 members (excludes halogenated alkanes) is 9. The van der Waals surface area contributed by atoms with Crippen molar-refractivity contribution < 1.29 is 15.2 Å². The maximum Gasteiger partial charge on any atom is 0.128 e. The predicted molar refractivity (Wildman–Crippen MR) is 120 cm³/mol. The monoisotopic (exact) mass is 406 g/mol. The molecule has 29 heavy (non-hydrogen) atoms. The number of ether oxygens (including phenoxy) is 1. The first-order valence-electron chi connectivity index (χ1n) is 11.2. The van der Waals surface area contributed by atoms with Crippen molar-refractivity contribution >= 4 is 6.08 Å². The first-order valence-corrected chi connectivity index (χ1v) is 11.2. The highest BCUT2D eigenvalue weighted by molar-refractivity contribution is 5.55. The molecular weight excluding hydrogens is 364 g/mol. The minimum absolute atomic E-state index is 0.358. The third-order valence-corrected chi connectivity index (χ3v) is 5.04. The van der Waals surface area contributed by atoms with Crippen LogP contribution in [-0.4, -0.2) is 41.2 Å². The van der Waals surface area contributed by atoms with E-state index in [2.05, 4.69) is 13.5 Å². The fourth-order valence-corrected chi connectivity index (χ4v) is 3.58. The third kappa shape index (κ3) is 11.4. The topological polar surface area (TPSA) is 56.2 Å². The van der Waals surface area contributed by atoms with Crippen LogP contribution in [0.15, 0.2) is 18.7 Å². The third-order valence-electron chi connectivity index (χ3n) is 5.04. The molecule has 0 aliphatic carbocycles. The van der Waals surface area contributed by atoms with Gasteiger partial charge in [0.25, 0.3) is 0 Å². The summed E-state index contributed by atoms with van der Waals surface area (Å²) in [6.07, 6.45) is 14.7.